The first-order valence-electron chi connectivity index (χ1n) is 6.62. The summed E-state index contributed by atoms with van der Waals surface area (Å²) >= 11 is 0. The van der Waals surface area contributed by atoms with Crippen LogP contribution in [-0.4, -0.2) is 59.9 Å². The van der Waals surface area contributed by atoms with Gasteiger partial charge in [-0.25, -0.2) is 0 Å². The molecular formula is C13H22N2O4. The average molecular weight is 270 g/mol. The third kappa shape index (κ3) is 4.89. The van der Waals surface area contributed by atoms with Gasteiger partial charge in [-0.2, -0.15) is 0 Å². The van der Waals surface area contributed by atoms with Gasteiger partial charge in [0.1, 0.15) is 0 Å². The molecule has 0 aliphatic carbocycles. The van der Waals surface area contributed by atoms with E-state index in [1.165, 1.54) is 4.90 Å². The zero-order valence-corrected chi connectivity index (χ0v) is 11.6. The number of carbonyl (C=O) groups is 3. The lowest BCUT2D eigenvalue weighted by Crippen LogP contribution is -2.42. The molecule has 108 valence electrons. The number of likely N-dealkylation sites (tertiary alicyclic amines) is 1. The van der Waals surface area contributed by atoms with Crippen molar-refractivity contribution >= 4 is 17.8 Å². The predicted octanol–water partition coefficient (Wildman–Crippen LogP) is 0.568. The molecule has 6 heteroatoms. The third-order valence-corrected chi connectivity index (χ3v) is 3.40. The number of carboxylic acid groups (broad SMARTS) is 1. The van der Waals surface area contributed by atoms with Gasteiger partial charge in [-0.3, -0.25) is 14.4 Å². The number of carboxylic acids is 1. The summed E-state index contributed by atoms with van der Waals surface area (Å²) in [5.41, 5.74) is 0. The number of carbonyl (C=O) groups excluding carboxylic acids is 2. The fourth-order valence-corrected chi connectivity index (χ4v) is 2.18. The van der Waals surface area contributed by atoms with E-state index in [9.17, 15) is 14.4 Å². The van der Waals surface area contributed by atoms with Crippen molar-refractivity contribution < 1.29 is 19.5 Å². The van der Waals surface area contributed by atoms with Crippen molar-refractivity contribution in [2.45, 2.75) is 32.1 Å². The van der Waals surface area contributed by atoms with Crippen LogP contribution >= 0.6 is 0 Å². The minimum Gasteiger partial charge on any atom is -0.481 e. The van der Waals surface area contributed by atoms with Crippen LogP contribution in [0.15, 0.2) is 0 Å². The topological polar surface area (TPSA) is 77.9 Å². The van der Waals surface area contributed by atoms with Gasteiger partial charge in [-0.1, -0.05) is 0 Å². The number of aliphatic carboxylic acids is 1. The van der Waals surface area contributed by atoms with Crippen LogP contribution in [-0.2, 0) is 14.4 Å². The van der Waals surface area contributed by atoms with Gasteiger partial charge in [0.05, 0.1) is 5.92 Å². The van der Waals surface area contributed by atoms with E-state index in [1.807, 2.05) is 0 Å². The van der Waals surface area contributed by atoms with Gasteiger partial charge in [0.25, 0.3) is 0 Å². The highest BCUT2D eigenvalue weighted by Gasteiger charge is 2.27. The molecule has 19 heavy (non-hydrogen) atoms. The summed E-state index contributed by atoms with van der Waals surface area (Å²) in [6.45, 7) is 0.931. The average Bonchev–Trinajstić information content (AvgIpc) is 2.38. The van der Waals surface area contributed by atoms with E-state index in [0.29, 0.717) is 38.8 Å². The van der Waals surface area contributed by atoms with Crippen LogP contribution in [0.5, 0.6) is 0 Å². The number of amides is 2. The van der Waals surface area contributed by atoms with Crippen LogP contribution in [0.2, 0.25) is 0 Å². The second-order valence-electron chi connectivity index (χ2n) is 5.16. The smallest absolute Gasteiger partial charge is 0.308 e. The summed E-state index contributed by atoms with van der Waals surface area (Å²) in [6.07, 6.45) is 2.56. The fourth-order valence-electron chi connectivity index (χ4n) is 2.18. The summed E-state index contributed by atoms with van der Waals surface area (Å²) in [6, 6.07) is 0. The molecule has 1 aliphatic rings. The molecule has 0 bridgehead atoms. The maximum absolute atomic E-state index is 11.9. The van der Waals surface area contributed by atoms with Crippen molar-refractivity contribution in [2.24, 2.45) is 5.92 Å². The van der Waals surface area contributed by atoms with Gasteiger partial charge in [-0.15, -0.1) is 0 Å². The van der Waals surface area contributed by atoms with Gasteiger partial charge in [-0.05, 0) is 19.3 Å². The lowest BCUT2D eigenvalue weighted by molar-refractivity contribution is -0.145. The Morgan fingerprint density at radius 1 is 1.26 bits per heavy atom. The van der Waals surface area contributed by atoms with Crippen LogP contribution in [0.4, 0.5) is 0 Å². The lowest BCUT2D eigenvalue weighted by atomic mass is 9.98. The molecule has 1 N–H and O–H groups in total. The molecule has 1 atom stereocenters. The summed E-state index contributed by atoms with van der Waals surface area (Å²) in [5.74, 6) is -1.31. The van der Waals surface area contributed by atoms with Gasteiger partial charge in [0.15, 0.2) is 0 Å². The van der Waals surface area contributed by atoms with Crippen LogP contribution < -0.4 is 0 Å². The molecule has 0 aromatic heterocycles. The molecule has 1 heterocycles. The first-order chi connectivity index (χ1) is 8.91. The molecule has 0 aromatic rings. The summed E-state index contributed by atoms with van der Waals surface area (Å²) in [5, 5.41) is 8.96. The maximum atomic E-state index is 11.9. The standard InChI is InChI=1S/C13H22N2O4/c1-14(2)11(16)6-3-7-12(17)15-8-4-5-10(9-15)13(18)19/h10H,3-9H2,1-2H3,(H,18,19)/t10-/m0/s1. The molecule has 0 spiro atoms. The molecule has 0 unspecified atom stereocenters. The highest BCUT2D eigenvalue weighted by Crippen LogP contribution is 2.17. The maximum Gasteiger partial charge on any atom is 0.308 e. The monoisotopic (exact) mass is 270 g/mol. The Morgan fingerprint density at radius 2 is 1.95 bits per heavy atom. The van der Waals surface area contributed by atoms with E-state index in [2.05, 4.69) is 0 Å². The Bertz CT molecular complexity index is 355. The fraction of sp³-hybridized carbons (Fsp3) is 0.769. The quantitative estimate of drug-likeness (QED) is 0.792. The van der Waals surface area contributed by atoms with E-state index in [0.717, 1.165) is 6.42 Å². The molecule has 1 aliphatic heterocycles. The largest absolute Gasteiger partial charge is 0.481 e. The Morgan fingerprint density at radius 3 is 2.53 bits per heavy atom. The SMILES string of the molecule is CN(C)C(=O)CCCC(=O)N1CCC[C@H](C(=O)O)C1. The van der Waals surface area contributed by atoms with Crippen molar-refractivity contribution in [1.82, 2.24) is 9.80 Å². The van der Waals surface area contributed by atoms with Crippen LogP contribution in [0.3, 0.4) is 0 Å². The summed E-state index contributed by atoms with van der Waals surface area (Å²) < 4.78 is 0. The van der Waals surface area contributed by atoms with E-state index < -0.39 is 11.9 Å². The molecule has 6 nitrogen and oxygen atoms in total. The van der Waals surface area contributed by atoms with Crippen LogP contribution in [0.25, 0.3) is 0 Å². The molecule has 1 saturated heterocycles. The van der Waals surface area contributed by atoms with E-state index in [1.54, 1.807) is 19.0 Å². The first kappa shape index (κ1) is 15.5. The highest BCUT2D eigenvalue weighted by atomic mass is 16.4. The number of nitrogens with zero attached hydrogens (tertiary/aromatic N) is 2. The number of rotatable bonds is 5. The normalized spacial score (nSPS) is 19.1. The Labute approximate surface area is 113 Å². The molecule has 2 amide bonds. The van der Waals surface area contributed by atoms with Crippen molar-refractivity contribution in [3.8, 4) is 0 Å². The van der Waals surface area contributed by atoms with Gasteiger partial charge >= 0.3 is 5.97 Å². The lowest BCUT2D eigenvalue weighted by Gasteiger charge is -2.30. The third-order valence-electron chi connectivity index (χ3n) is 3.40. The minimum absolute atomic E-state index is 0.00913. The van der Waals surface area contributed by atoms with Crippen molar-refractivity contribution in [2.75, 3.05) is 27.2 Å². The van der Waals surface area contributed by atoms with Crippen LogP contribution in [0, 0.1) is 5.92 Å². The Hall–Kier alpha value is -1.59. The van der Waals surface area contributed by atoms with E-state index >= 15 is 0 Å². The number of piperidine rings is 1. The zero-order chi connectivity index (χ0) is 14.4. The molecular weight excluding hydrogens is 248 g/mol. The second-order valence-corrected chi connectivity index (χ2v) is 5.16. The molecule has 1 fully saturated rings. The van der Waals surface area contributed by atoms with Gasteiger partial charge < -0.3 is 14.9 Å². The van der Waals surface area contributed by atoms with Crippen molar-refractivity contribution in [3.63, 3.8) is 0 Å². The molecule has 0 aromatic carbocycles. The zero-order valence-electron chi connectivity index (χ0n) is 11.6. The number of hydrogen-bond donors (Lipinski definition) is 1. The number of hydrogen-bond acceptors (Lipinski definition) is 3. The van der Waals surface area contributed by atoms with Crippen molar-refractivity contribution in [1.29, 1.82) is 0 Å². The summed E-state index contributed by atoms with van der Waals surface area (Å²) in [4.78, 5) is 37.3. The second kappa shape index (κ2) is 7.11. The van der Waals surface area contributed by atoms with Crippen molar-refractivity contribution in [3.05, 3.63) is 0 Å². The molecule has 0 saturated carbocycles. The first-order valence-corrected chi connectivity index (χ1v) is 6.62. The minimum atomic E-state index is -0.833. The van der Waals surface area contributed by atoms with Gasteiger partial charge in [0, 0.05) is 40.0 Å². The van der Waals surface area contributed by atoms with E-state index in [4.69, 9.17) is 5.11 Å². The Kier molecular flexibility index (Phi) is 5.79. The summed E-state index contributed by atoms with van der Waals surface area (Å²) in [7, 11) is 3.37. The predicted molar refractivity (Wildman–Crippen MR) is 69.5 cm³/mol. The van der Waals surface area contributed by atoms with Crippen LogP contribution in [0.1, 0.15) is 32.1 Å². The molecule has 1 rings (SSSR count). The Balaban J connectivity index is 2.33. The van der Waals surface area contributed by atoms with E-state index in [-0.39, 0.29) is 11.8 Å². The van der Waals surface area contributed by atoms with Gasteiger partial charge in [0.2, 0.25) is 11.8 Å². The highest BCUT2D eigenvalue weighted by molar-refractivity contribution is 5.79. The molecule has 0 radical (unpaired) electrons.